The zero-order chi connectivity index (χ0) is 22.9. The van der Waals surface area contributed by atoms with Crippen molar-refractivity contribution < 1.29 is 17.9 Å². The second-order valence-corrected chi connectivity index (χ2v) is 11.7. The molecule has 0 N–H and O–H groups in total. The highest BCUT2D eigenvalue weighted by atomic mass is 32.2. The molecule has 0 aliphatic carbocycles. The predicted molar refractivity (Wildman–Crippen MR) is 125 cm³/mol. The number of fused-ring (bicyclic) bond motifs is 1. The van der Waals surface area contributed by atoms with Crippen LogP contribution >= 0.6 is 11.8 Å². The van der Waals surface area contributed by atoms with Gasteiger partial charge in [-0.15, -0.1) is 0 Å². The molecule has 1 amide bonds. The Bertz CT molecular complexity index is 1070. The third-order valence-electron chi connectivity index (χ3n) is 6.16. The van der Waals surface area contributed by atoms with Crippen molar-refractivity contribution in [3.8, 4) is 0 Å². The number of sulfonamides is 1. The number of nitrogens with zero attached hydrogens (tertiary/aromatic N) is 4. The molecule has 2 aliphatic rings. The lowest BCUT2D eigenvalue weighted by molar-refractivity contribution is -0.130. The smallest absolute Gasteiger partial charge is 0.243 e. The lowest BCUT2D eigenvalue weighted by Crippen LogP contribution is -2.43. The van der Waals surface area contributed by atoms with E-state index in [0.717, 1.165) is 30.2 Å². The molecular formula is C22H32N4O4S2. The first-order valence-electron chi connectivity index (χ1n) is 11.3. The van der Waals surface area contributed by atoms with E-state index in [-0.39, 0.29) is 10.8 Å². The lowest BCUT2D eigenvalue weighted by atomic mass is 9.92. The van der Waals surface area contributed by atoms with Gasteiger partial charge in [0.1, 0.15) is 0 Å². The molecular weight excluding hydrogens is 448 g/mol. The van der Waals surface area contributed by atoms with Crippen molar-refractivity contribution >= 4 is 38.7 Å². The molecule has 0 spiro atoms. The summed E-state index contributed by atoms with van der Waals surface area (Å²) in [4.78, 5) is 19.7. The van der Waals surface area contributed by atoms with Gasteiger partial charge in [-0.2, -0.15) is 4.31 Å². The number of carbonyl (C=O) groups excluding carboxylic acids is 1. The van der Waals surface area contributed by atoms with E-state index in [2.05, 4.69) is 13.8 Å². The summed E-state index contributed by atoms with van der Waals surface area (Å²) in [5, 5.41) is 0.745. The number of amides is 1. The number of likely N-dealkylation sites (tertiary alicyclic amines) is 1. The van der Waals surface area contributed by atoms with Crippen molar-refractivity contribution in [3.05, 3.63) is 18.2 Å². The zero-order valence-corrected chi connectivity index (χ0v) is 20.6. The van der Waals surface area contributed by atoms with Crippen LogP contribution in [0.2, 0.25) is 0 Å². The van der Waals surface area contributed by atoms with Crippen LogP contribution in [0.15, 0.2) is 28.3 Å². The van der Waals surface area contributed by atoms with Crippen molar-refractivity contribution in [3.63, 3.8) is 0 Å². The Morgan fingerprint density at radius 2 is 1.88 bits per heavy atom. The molecule has 3 heterocycles. The minimum absolute atomic E-state index is 0.138. The number of imidazole rings is 1. The summed E-state index contributed by atoms with van der Waals surface area (Å²) < 4.78 is 34.8. The van der Waals surface area contributed by atoms with Gasteiger partial charge in [-0.3, -0.25) is 4.79 Å². The van der Waals surface area contributed by atoms with E-state index in [9.17, 15) is 13.2 Å². The monoisotopic (exact) mass is 480 g/mol. The summed E-state index contributed by atoms with van der Waals surface area (Å²) >= 11 is 1.43. The van der Waals surface area contributed by atoms with Crippen LogP contribution in [0.25, 0.3) is 11.0 Å². The highest BCUT2D eigenvalue weighted by Gasteiger charge is 2.28. The zero-order valence-electron chi connectivity index (χ0n) is 19.0. The van der Waals surface area contributed by atoms with Crippen molar-refractivity contribution in [2.75, 3.05) is 45.1 Å². The molecule has 4 rings (SSSR count). The van der Waals surface area contributed by atoms with Crippen molar-refractivity contribution in [1.82, 2.24) is 18.8 Å². The molecule has 2 atom stereocenters. The minimum atomic E-state index is -3.58. The largest absolute Gasteiger partial charge is 0.379 e. The van der Waals surface area contributed by atoms with Crippen LogP contribution < -0.4 is 0 Å². The number of rotatable bonds is 6. The number of ether oxygens (including phenoxy) is 1. The Morgan fingerprint density at radius 3 is 2.53 bits per heavy atom. The SMILES string of the molecule is CCn1c(SCC(=O)N2CC(C)CC(C)C2)nc2cc(S(=O)(=O)N3CCOCC3)ccc21. The Morgan fingerprint density at radius 1 is 1.19 bits per heavy atom. The van der Waals surface area contributed by atoms with Gasteiger partial charge >= 0.3 is 0 Å². The summed E-state index contributed by atoms with van der Waals surface area (Å²) in [6, 6.07) is 5.11. The highest BCUT2D eigenvalue weighted by molar-refractivity contribution is 7.99. The number of hydrogen-bond donors (Lipinski definition) is 0. The molecule has 2 saturated heterocycles. The van der Waals surface area contributed by atoms with Gasteiger partial charge in [-0.1, -0.05) is 25.6 Å². The Hall–Kier alpha value is -1.62. The van der Waals surface area contributed by atoms with Crippen molar-refractivity contribution in [2.24, 2.45) is 11.8 Å². The number of piperidine rings is 1. The van der Waals surface area contributed by atoms with E-state index in [1.54, 1.807) is 12.1 Å². The molecule has 0 saturated carbocycles. The molecule has 1 aromatic carbocycles. The molecule has 176 valence electrons. The van der Waals surface area contributed by atoms with E-state index < -0.39 is 10.0 Å². The first-order chi connectivity index (χ1) is 15.3. The first-order valence-corrected chi connectivity index (χ1v) is 13.7. The van der Waals surface area contributed by atoms with Gasteiger partial charge in [-0.25, -0.2) is 13.4 Å². The molecule has 0 radical (unpaired) electrons. The van der Waals surface area contributed by atoms with Crippen molar-refractivity contribution in [2.45, 2.75) is 43.8 Å². The molecule has 0 bridgehead atoms. The first kappa shape index (κ1) is 23.5. The molecule has 2 unspecified atom stereocenters. The normalized spacial score (nSPS) is 23.0. The fourth-order valence-corrected chi connectivity index (χ4v) is 7.09. The molecule has 1 aromatic heterocycles. The summed E-state index contributed by atoms with van der Waals surface area (Å²) in [6.07, 6.45) is 1.16. The van der Waals surface area contributed by atoms with Gasteiger partial charge in [0.25, 0.3) is 0 Å². The number of aromatic nitrogens is 2. The molecule has 10 heteroatoms. The summed E-state index contributed by atoms with van der Waals surface area (Å²) in [5.74, 6) is 1.53. The number of benzene rings is 1. The van der Waals surface area contributed by atoms with Crippen LogP contribution in [0, 0.1) is 11.8 Å². The maximum absolute atomic E-state index is 13.0. The second-order valence-electron chi connectivity index (χ2n) is 8.84. The average Bonchev–Trinajstić information content (AvgIpc) is 3.14. The Labute approximate surface area is 194 Å². The van der Waals surface area contributed by atoms with Crippen LogP contribution in [0.4, 0.5) is 0 Å². The van der Waals surface area contributed by atoms with Gasteiger partial charge in [0.05, 0.1) is 34.9 Å². The van der Waals surface area contributed by atoms with E-state index in [1.807, 2.05) is 22.5 Å². The van der Waals surface area contributed by atoms with Crippen LogP contribution in [-0.2, 0) is 26.1 Å². The van der Waals surface area contributed by atoms with Gasteiger partial charge < -0.3 is 14.2 Å². The highest BCUT2D eigenvalue weighted by Crippen LogP contribution is 2.28. The minimum Gasteiger partial charge on any atom is -0.379 e. The molecule has 32 heavy (non-hydrogen) atoms. The van der Waals surface area contributed by atoms with Crippen LogP contribution in [-0.4, -0.2) is 78.2 Å². The van der Waals surface area contributed by atoms with E-state index in [1.165, 1.54) is 16.1 Å². The van der Waals surface area contributed by atoms with E-state index in [0.29, 0.717) is 56.0 Å². The number of thioether (sulfide) groups is 1. The second kappa shape index (κ2) is 9.70. The fraction of sp³-hybridized carbons (Fsp3) is 0.636. The lowest BCUT2D eigenvalue weighted by Gasteiger charge is -2.35. The maximum atomic E-state index is 13.0. The van der Waals surface area contributed by atoms with Crippen LogP contribution in [0.1, 0.15) is 27.2 Å². The number of hydrogen-bond acceptors (Lipinski definition) is 6. The van der Waals surface area contributed by atoms with Crippen molar-refractivity contribution in [1.29, 1.82) is 0 Å². The van der Waals surface area contributed by atoms with E-state index >= 15 is 0 Å². The summed E-state index contributed by atoms with van der Waals surface area (Å²) in [6.45, 7) is 10.3. The standard InChI is InChI=1S/C22H32N4O4S2/c1-4-26-20-6-5-18(32(28,29)25-7-9-30-10-8-25)12-19(20)23-22(26)31-15-21(27)24-13-16(2)11-17(3)14-24/h5-6,12,16-17H,4,7-11,13-15H2,1-3H3. The predicted octanol–water partition coefficient (Wildman–Crippen LogP) is 2.67. The molecule has 2 aromatic rings. The van der Waals surface area contributed by atoms with Gasteiger partial charge in [-0.05, 0) is 43.4 Å². The molecule has 2 aliphatic heterocycles. The Balaban J connectivity index is 1.53. The summed E-state index contributed by atoms with van der Waals surface area (Å²) in [5.41, 5.74) is 1.51. The third-order valence-corrected chi connectivity index (χ3v) is 9.01. The number of morpholine rings is 1. The molecule has 8 nitrogen and oxygen atoms in total. The average molecular weight is 481 g/mol. The van der Waals surface area contributed by atoms with E-state index in [4.69, 9.17) is 9.72 Å². The third kappa shape index (κ3) is 4.83. The number of aryl methyl sites for hydroxylation is 1. The number of carbonyl (C=O) groups is 1. The van der Waals surface area contributed by atoms with Gasteiger partial charge in [0.15, 0.2) is 5.16 Å². The fourth-order valence-electron chi connectivity index (χ4n) is 4.68. The van der Waals surface area contributed by atoms with Gasteiger partial charge in [0.2, 0.25) is 15.9 Å². The topological polar surface area (TPSA) is 84.7 Å². The quantitative estimate of drug-likeness (QED) is 0.591. The molecule has 2 fully saturated rings. The maximum Gasteiger partial charge on any atom is 0.243 e. The summed E-state index contributed by atoms with van der Waals surface area (Å²) in [7, 11) is -3.58. The van der Waals surface area contributed by atoms with Gasteiger partial charge in [0, 0.05) is 32.7 Å². The Kier molecular flexibility index (Phi) is 7.14. The van der Waals surface area contributed by atoms with Crippen LogP contribution in [0.3, 0.4) is 0 Å². The van der Waals surface area contributed by atoms with Crippen LogP contribution in [0.5, 0.6) is 0 Å².